The molecule has 0 unspecified atom stereocenters. The SMILES string of the molecule is CN(C)S(=O)(=O)n1cc(-c2ccccc2C(F)(F)F)c2nc(Cl)cnc21. The first-order valence-electron chi connectivity index (χ1n) is 7.16. The number of benzene rings is 1. The van der Waals surface area contributed by atoms with Gasteiger partial charge >= 0.3 is 16.4 Å². The van der Waals surface area contributed by atoms with Gasteiger partial charge < -0.3 is 0 Å². The number of alkyl halides is 3. The summed E-state index contributed by atoms with van der Waals surface area (Å²) in [6, 6.07) is 4.83. The Hall–Kier alpha value is -2.17. The Bertz CT molecular complexity index is 1090. The van der Waals surface area contributed by atoms with E-state index < -0.39 is 21.9 Å². The van der Waals surface area contributed by atoms with Gasteiger partial charge in [-0.25, -0.2) is 13.9 Å². The number of halogens is 4. The van der Waals surface area contributed by atoms with Gasteiger partial charge in [0.25, 0.3) is 0 Å². The number of rotatable bonds is 3. The minimum atomic E-state index is -4.63. The van der Waals surface area contributed by atoms with E-state index in [1.807, 2.05) is 0 Å². The summed E-state index contributed by atoms with van der Waals surface area (Å²) < 4.78 is 66.9. The average Bonchev–Trinajstić information content (AvgIpc) is 2.93. The summed E-state index contributed by atoms with van der Waals surface area (Å²) in [7, 11) is -1.43. The molecule has 0 atom stereocenters. The lowest BCUT2D eigenvalue weighted by atomic mass is 10.0. The second kappa shape index (κ2) is 6.22. The van der Waals surface area contributed by atoms with E-state index >= 15 is 0 Å². The molecule has 2 aromatic heterocycles. The fourth-order valence-electron chi connectivity index (χ4n) is 2.46. The average molecular weight is 405 g/mol. The molecule has 138 valence electrons. The number of hydrogen-bond acceptors (Lipinski definition) is 4. The molecule has 0 N–H and O–H groups in total. The predicted molar refractivity (Wildman–Crippen MR) is 91.0 cm³/mol. The largest absolute Gasteiger partial charge is 0.417 e. The van der Waals surface area contributed by atoms with Crippen LogP contribution in [0, 0.1) is 0 Å². The zero-order valence-corrected chi connectivity index (χ0v) is 15.1. The van der Waals surface area contributed by atoms with Crippen LogP contribution in [0.3, 0.4) is 0 Å². The van der Waals surface area contributed by atoms with Gasteiger partial charge in [-0.1, -0.05) is 29.8 Å². The van der Waals surface area contributed by atoms with E-state index in [0.717, 1.165) is 26.7 Å². The summed E-state index contributed by atoms with van der Waals surface area (Å²) in [5.41, 5.74) is -1.32. The number of fused-ring (bicyclic) bond motifs is 1. The van der Waals surface area contributed by atoms with Crippen LogP contribution >= 0.6 is 11.6 Å². The van der Waals surface area contributed by atoms with Crippen molar-refractivity contribution in [3.05, 3.63) is 47.4 Å². The first kappa shape index (κ1) is 18.6. The topological polar surface area (TPSA) is 68.1 Å². The van der Waals surface area contributed by atoms with Crippen LogP contribution < -0.4 is 0 Å². The number of aromatic nitrogens is 3. The summed E-state index contributed by atoms with van der Waals surface area (Å²) >= 11 is 5.83. The second-order valence-electron chi connectivity index (χ2n) is 5.54. The predicted octanol–water partition coefficient (Wildman–Crippen LogP) is 3.43. The molecular weight excluding hydrogens is 393 g/mol. The zero-order valence-electron chi connectivity index (χ0n) is 13.5. The van der Waals surface area contributed by atoms with Gasteiger partial charge in [0, 0.05) is 25.9 Å². The minimum absolute atomic E-state index is 0.0339. The normalized spacial score (nSPS) is 12.9. The van der Waals surface area contributed by atoms with Crippen LogP contribution in [0.1, 0.15) is 5.56 Å². The van der Waals surface area contributed by atoms with Crippen molar-refractivity contribution in [2.75, 3.05) is 14.1 Å². The molecule has 0 amide bonds. The van der Waals surface area contributed by atoms with Crippen molar-refractivity contribution in [1.82, 2.24) is 18.2 Å². The summed E-state index contributed by atoms with van der Waals surface area (Å²) in [5.74, 6) is 0. The van der Waals surface area contributed by atoms with E-state index in [1.54, 1.807) is 0 Å². The Morgan fingerprint density at radius 3 is 2.42 bits per heavy atom. The molecule has 0 saturated heterocycles. The maximum atomic E-state index is 13.4. The third-order valence-corrected chi connectivity index (χ3v) is 5.55. The Morgan fingerprint density at radius 2 is 1.81 bits per heavy atom. The Labute approximate surface area is 152 Å². The zero-order chi connectivity index (χ0) is 19.3. The fraction of sp³-hybridized carbons (Fsp3) is 0.200. The highest BCUT2D eigenvalue weighted by molar-refractivity contribution is 7.87. The highest BCUT2D eigenvalue weighted by Gasteiger charge is 2.35. The lowest BCUT2D eigenvalue weighted by Gasteiger charge is -2.12. The van der Waals surface area contributed by atoms with Crippen LogP contribution in [0.25, 0.3) is 22.3 Å². The molecule has 0 spiro atoms. The van der Waals surface area contributed by atoms with Gasteiger partial charge in [-0.15, -0.1) is 0 Å². The van der Waals surface area contributed by atoms with Crippen LogP contribution in [-0.4, -0.2) is 40.8 Å². The maximum Gasteiger partial charge on any atom is 0.417 e. The van der Waals surface area contributed by atoms with E-state index in [9.17, 15) is 21.6 Å². The Kier molecular flexibility index (Phi) is 4.45. The summed E-state index contributed by atoms with van der Waals surface area (Å²) in [6.45, 7) is 0. The van der Waals surface area contributed by atoms with E-state index in [0.29, 0.717) is 0 Å². The van der Waals surface area contributed by atoms with Gasteiger partial charge in [0.2, 0.25) is 0 Å². The van der Waals surface area contributed by atoms with Crippen LogP contribution in [0.4, 0.5) is 13.2 Å². The third kappa shape index (κ3) is 3.04. The molecule has 6 nitrogen and oxygen atoms in total. The summed E-state index contributed by atoms with van der Waals surface area (Å²) in [4.78, 5) is 7.95. The summed E-state index contributed by atoms with van der Waals surface area (Å²) in [5, 5.41) is -0.0664. The molecule has 0 aliphatic heterocycles. The number of nitrogens with zero attached hydrogens (tertiary/aromatic N) is 4. The second-order valence-corrected chi connectivity index (χ2v) is 7.94. The molecule has 11 heteroatoms. The van der Waals surface area contributed by atoms with Crippen LogP contribution in [-0.2, 0) is 16.4 Å². The molecule has 0 fully saturated rings. The van der Waals surface area contributed by atoms with Gasteiger partial charge in [-0.3, -0.25) is 0 Å². The van der Waals surface area contributed by atoms with Gasteiger partial charge in [-0.05, 0) is 11.6 Å². The maximum absolute atomic E-state index is 13.4. The van der Waals surface area contributed by atoms with Crippen molar-refractivity contribution >= 4 is 33.0 Å². The van der Waals surface area contributed by atoms with Crippen molar-refractivity contribution in [3.8, 4) is 11.1 Å². The molecule has 0 bridgehead atoms. The standard InChI is InChI=1S/C15H12ClF3N4O2S/c1-22(2)26(24,25)23-8-10(13-14(23)20-7-12(16)21-13)9-5-3-4-6-11(9)15(17,18)19/h3-8H,1-2H3. The molecule has 0 aliphatic rings. The monoisotopic (exact) mass is 404 g/mol. The van der Waals surface area contributed by atoms with E-state index in [1.165, 1.54) is 32.3 Å². The molecule has 2 heterocycles. The Morgan fingerprint density at radius 1 is 1.15 bits per heavy atom. The molecule has 0 radical (unpaired) electrons. The van der Waals surface area contributed by atoms with Gasteiger partial charge in [-0.2, -0.15) is 25.9 Å². The van der Waals surface area contributed by atoms with Gasteiger partial charge in [0.1, 0.15) is 10.7 Å². The highest BCUT2D eigenvalue weighted by atomic mass is 35.5. The van der Waals surface area contributed by atoms with Gasteiger partial charge in [0.05, 0.1) is 11.8 Å². The van der Waals surface area contributed by atoms with Crippen molar-refractivity contribution < 1.29 is 21.6 Å². The van der Waals surface area contributed by atoms with Crippen LogP contribution in [0.2, 0.25) is 5.15 Å². The van der Waals surface area contributed by atoms with E-state index in [4.69, 9.17) is 11.6 Å². The van der Waals surface area contributed by atoms with Crippen LogP contribution in [0.5, 0.6) is 0 Å². The van der Waals surface area contributed by atoms with Crippen LogP contribution in [0.15, 0.2) is 36.7 Å². The minimum Gasteiger partial charge on any atom is -0.233 e. The molecule has 3 rings (SSSR count). The molecule has 3 aromatic rings. The fourth-order valence-corrected chi connectivity index (χ4v) is 3.53. The van der Waals surface area contributed by atoms with Crippen molar-refractivity contribution in [2.45, 2.75) is 6.18 Å². The lowest BCUT2D eigenvalue weighted by molar-refractivity contribution is -0.137. The van der Waals surface area contributed by atoms with E-state index in [2.05, 4.69) is 9.97 Å². The quantitative estimate of drug-likeness (QED) is 0.670. The summed E-state index contributed by atoms with van der Waals surface area (Å²) in [6.07, 6.45) is -2.43. The van der Waals surface area contributed by atoms with Crippen molar-refractivity contribution in [1.29, 1.82) is 0 Å². The smallest absolute Gasteiger partial charge is 0.233 e. The van der Waals surface area contributed by atoms with Crippen molar-refractivity contribution in [2.24, 2.45) is 0 Å². The lowest BCUT2D eigenvalue weighted by Crippen LogP contribution is -2.28. The molecule has 0 saturated carbocycles. The first-order chi connectivity index (χ1) is 12.0. The molecule has 26 heavy (non-hydrogen) atoms. The first-order valence-corrected chi connectivity index (χ1v) is 8.94. The Balaban J connectivity index is 2.42. The van der Waals surface area contributed by atoms with Crippen molar-refractivity contribution in [3.63, 3.8) is 0 Å². The highest BCUT2D eigenvalue weighted by Crippen LogP contribution is 2.39. The molecule has 0 aliphatic carbocycles. The van der Waals surface area contributed by atoms with E-state index in [-0.39, 0.29) is 27.4 Å². The van der Waals surface area contributed by atoms with Gasteiger partial charge in [0.15, 0.2) is 5.65 Å². The number of hydrogen-bond donors (Lipinski definition) is 0. The third-order valence-electron chi connectivity index (χ3n) is 3.67. The molecule has 1 aromatic carbocycles. The molecular formula is C15H12ClF3N4O2S.